The number of benzene rings is 1. The van der Waals surface area contributed by atoms with Crippen molar-refractivity contribution in [1.29, 1.82) is 0 Å². The number of carbonyl (C=O) groups excluding carboxylic acids is 1. The number of carbonyl (C=O) groups is 1. The Bertz CT molecular complexity index is 565. The van der Waals surface area contributed by atoms with Crippen molar-refractivity contribution >= 4 is 11.8 Å². The Morgan fingerprint density at radius 3 is 2.89 bits per heavy atom. The third kappa shape index (κ3) is 2.51. The van der Waals surface area contributed by atoms with E-state index in [0.29, 0.717) is 5.56 Å². The molecule has 0 aliphatic rings. The lowest BCUT2D eigenvalue weighted by molar-refractivity contribution is -0.385. The highest BCUT2D eigenvalue weighted by Crippen LogP contribution is 2.18. The molecule has 0 spiro atoms. The average Bonchev–Trinajstić information content (AvgIpc) is 2.90. The molecule has 0 fully saturated rings. The summed E-state index contributed by atoms with van der Waals surface area (Å²) < 4.78 is 6.09. The van der Waals surface area contributed by atoms with E-state index in [0.717, 1.165) is 4.57 Å². The molecule has 0 radical (unpaired) electrons. The van der Waals surface area contributed by atoms with Crippen molar-refractivity contribution in [2.45, 2.75) is 6.61 Å². The molecule has 0 amide bonds. The summed E-state index contributed by atoms with van der Waals surface area (Å²) in [6, 6.07) is 6.10. The first-order valence-electron chi connectivity index (χ1n) is 5.06. The SMILES string of the molecule is O=C(OCc1ccccc1[N+](=O)[O-])n1ccnc1. The van der Waals surface area contributed by atoms with Crippen molar-refractivity contribution in [3.8, 4) is 0 Å². The summed E-state index contributed by atoms with van der Waals surface area (Å²) in [6.45, 7) is -0.159. The first kappa shape index (κ1) is 11.8. The monoisotopic (exact) mass is 247 g/mol. The third-order valence-corrected chi connectivity index (χ3v) is 2.25. The van der Waals surface area contributed by atoms with Crippen LogP contribution in [0.3, 0.4) is 0 Å². The molecule has 2 aromatic rings. The minimum absolute atomic E-state index is 0.0732. The summed E-state index contributed by atoms with van der Waals surface area (Å²) in [5, 5.41) is 10.7. The number of rotatable bonds is 3. The van der Waals surface area contributed by atoms with Crippen LogP contribution < -0.4 is 0 Å². The quantitative estimate of drug-likeness (QED) is 0.611. The zero-order valence-electron chi connectivity index (χ0n) is 9.22. The minimum Gasteiger partial charge on any atom is -0.444 e. The van der Waals surface area contributed by atoms with E-state index in [1.54, 1.807) is 18.2 Å². The second-order valence-electron chi connectivity index (χ2n) is 3.41. The van der Waals surface area contributed by atoms with Crippen LogP contribution in [0.2, 0.25) is 0 Å². The van der Waals surface area contributed by atoms with Gasteiger partial charge in [-0.1, -0.05) is 12.1 Å². The zero-order valence-corrected chi connectivity index (χ0v) is 9.22. The van der Waals surface area contributed by atoms with Gasteiger partial charge in [-0.2, -0.15) is 0 Å². The number of aromatic nitrogens is 2. The lowest BCUT2D eigenvalue weighted by atomic mass is 10.2. The summed E-state index contributed by atoms with van der Waals surface area (Å²) >= 11 is 0. The maximum atomic E-state index is 11.5. The van der Waals surface area contributed by atoms with E-state index >= 15 is 0 Å². The van der Waals surface area contributed by atoms with Crippen LogP contribution in [0.5, 0.6) is 0 Å². The number of nitro benzene ring substituents is 1. The number of para-hydroxylation sites is 1. The van der Waals surface area contributed by atoms with E-state index in [1.807, 2.05) is 0 Å². The van der Waals surface area contributed by atoms with Crippen LogP contribution in [0.15, 0.2) is 43.0 Å². The molecule has 92 valence electrons. The number of ether oxygens (including phenoxy) is 1. The topological polar surface area (TPSA) is 87.3 Å². The summed E-state index contributed by atoms with van der Waals surface area (Å²) in [5.74, 6) is 0. The lowest BCUT2D eigenvalue weighted by Gasteiger charge is -2.05. The molecule has 0 aliphatic carbocycles. The summed E-state index contributed by atoms with van der Waals surface area (Å²) in [4.78, 5) is 25.4. The van der Waals surface area contributed by atoms with Crippen LogP contribution in [0, 0.1) is 10.1 Å². The van der Waals surface area contributed by atoms with Crippen molar-refractivity contribution in [3.05, 3.63) is 58.7 Å². The van der Waals surface area contributed by atoms with Crippen LogP contribution in [0.25, 0.3) is 0 Å². The highest BCUT2D eigenvalue weighted by molar-refractivity contribution is 5.70. The van der Waals surface area contributed by atoms with Gasteiger partial charge in [-0.05, 0) is 6.07 Å². The molecule has 7 heteroatoms. The second-order valence-corrected chi connectivity index (χ2v) is 3.41. The molecular formula is C11H9N3O4. The third-order valence-electron chi connectivity index (χ3n) is 2.25. The molecule has 18 heavy (non-hydrogen) atoms. The Labute approximate surface area is 102 Å². The highest BCUT2D eigenvalue weighted by Gasteiger charge is 2.14. The van der Waals surface area contributed by atoms with Crippen LogP contribution in [0.4, 0.5) is 10.5 Å². The molecule has 1 aromatic heterocycles. The minimum atomic E-state index is -0.634. The van der Waals surface area contributed by atoms with E-state index in [-0.39, 0.29) is 12.3 Å². The average molecular weight is 247 g/mol. The van der Waals surface area contributed by atoms with Gasteiger partial charge < -0.3 is 4.74 Å². The van der Waals surface area contributed by atoms with Crippen molar-refractivity contribution < 1.29 is 14.5 Å². The van der Waals surface area contributed by atoms with Gasteiger partial charge >= 0.3 is 6.09 Å². The van der Waals surface area contributed by atoms with Crippen LogP contribution in [-0.4, -0.2) is 20.6 Å². The molecule has 2 rings (SSSR count). The van der Waals surface area contributed by atoms with Crippen LogP contribution >= 0.6 is 0 Å². The number of hydrogen-bond donors (Lipinski definition) is 0. The molecule has 0 bridgehead atoms. The summed E-state index contributed by atoms with van der Waals surface area (Å²) in [6.07, 6.45) is 3.53. The predicted molar refractivity (Wildman–Crippen MR) is 60.9 cm³/mol. The standard InChI is InChI=1S/C11H9N3O4/c15-11(13-6-5-12-8-13)18-7-9-3-1-2-4-10(9)14(16)17/h1-6,8H,7H2. The zero-order chi connectivity index (χ0) is 13.0. The molecule has 7 nitrogen and oxygen atoms in total. The largest absolute Gasteiger partial charge is 0.444 e. The predicted octanol–water partition coefficient (Wildman–Crippen LogP) is 1.98. The van der Waals surface area contributed by atoms with Gasteiger partial charge in [0.05, 0.1) is 10.5 Å². The molecule has 0 atom stereocenters. The Hall–Kier alpha value is -2.70. The first-order valence-corrected chi connectivity index (χ1v) is 5.06. The fraction of sp³-hybridized carbons (Fsp3) is 0.0909. The molecule has 0 unspecified atom stereocenters. The van der Waals surface area contributed by atoms with Crippen LogP contribution in [-0.2, 0) is 11.3 Å². The highest BCUT2D eigenvalue weighted by atomic mass is 16.6. The normalized spacial score (nSPS) is 10.0. The van der Waals surface area contributed by atoms with E-state index in [4.69, 9.17) is 4.74 Å². The Morgan fingerprint density at radius 2 is 2.22 bits per heavy atom. The molecule has 0 saturated carbocycles. The Balaban J connectivity index is 2.07. The molecule has 1 heterocycles. The van der Waals surface area contributed by atoms with Gasteiger partial charge in [0.25, 0.3) is 5.69 Å². The molecule has 1 aromatic carbocycles. The van der Waals surface area contributed by atoms with Gasteiger partial charge in [0.15, 0.2) is 0 Å². The smallest absolute Gasteiger partial charge is 0.419 e. The number of nitro groups is 1. The van der Waals surface area contributed by atoms with Gasteiger partial charge in [-0.25, -0.2) is 14.3 Å². The van der Waals surface area contributed by atoms with Crippen molar-refractivity contribution in [1.82, 2.24) is 9.55 Å². The number of hydrogen-bond acceptors (Lipinski definition) is 5. The van der Waals surface area contributed by atoms with Crippen LogP contribution in [0.1, 0.15) is 5.56 Å². The van der Waals surface area contributed by atoms with Crippen molar-refractivity contribution in [3.63, 3.8) is 0 Å². The van der Waals surface area contributed by atoms with Crippen molar-refractivity contribution in [2.75, 3.05) is 0 Å². The van der Waals surface area contributed by atoms with E-state index in [1.165, 1.54) is 24.8 Å². The first-order chi connectivity index (χ1) is 8.68. The van der Waals surface area contributed by atoms with Crippen molar-refractivity contribution in [2.24, 2.45) is 0 Å². The van der Waals surface area contributed by atoms with Gasteiger partial charge in [0, 0.05) is 18.5 Å². The number of nitrogens with zero attached hydrogens (tertiary/aromatic N) is 3. The van der Waals surface area contributed by atoms with E-state index < -0.39 is 11.0 Å². The molecular weight excluding hydrogens is 238 g/mol. The molecule has 0 saturated heterocycles. The van der Waals surface area contributed by atoms with E-state index in [2.05, 4.69) is 4.98 Å². The maximum Gasteiger partial charge on any atom is 0.419 e. The summed E-state index contributed by atoms with van der Waals surface area (Å²) in [5.41, 5.74) is 0.270. The fourth-order valence-corrected chi connectivity index (χ4v) is 1.39. The molecule has 0 N–H and O–H groups in total. The maximum absolute atomic E-state index is 11.5. The van der Waals surface area contributed by atoms with Gasteiger partial charge in [-0.15, -0.1) is 0 Å². The lowest BCUT2D eigenvalue weighted by Crippen LogP contribution is -2.12. The van der Waals surface area contributed by atoms with Gasteiger partial charge in [0.1, 0.15) is 12.9 Å². The van der Waals surface area contributed by atoms with Gasteiger partial charge in [0.2, 0.25) is 0 Å². The molecule has 0 aliphatic heterocycles. The second kappa shape index (κ2) is 5.09. The van der Waals surface area contributed by atoms with E-state index in [9.17, 15) is 14.9 Å². The Kier molecular flexibility index (Phi) is 3.33. The summed E-state index contributed by atoms with van der Waals surface area (Å²) in [7, 11) is 0. The van der Waals surface area contributed by atoms with Gasteiger partial charge in [-0.3, -0.25) is 10.1 Å². The number of imidazole rings is 1. The Morgan fingerprint density at radius 1 is 1.44 bits per heavy atom. The fourth-order valence-electron chi connectivity index (χ4n) is 1.39.